The number of aliphatic hydroxyl groups is 2. The van der Waals surface area contributed by atoms with Gasteiger partial charge in [-0.3, -0.25) is 0 Å². The zero-order valence-electron chi connectivity index (χ0n) is 7.80. The number of sulfone groups is 1. The SMILES string of the molecule is O=S(=O)(CC(O)CO)c1ccccc1F. The molecule has 1 atom stereocenters. The van der Waals surface area contributed by atoms with Gasteiger partial charge in [0.15, 0.2) is 9.84 Å². The number of aliphatic hydroxyl groups excluding tert-OH is 2. The van der Waals surface area contributed by atoms with Crippen molar-refractivity contribution in [2.45, 2.75) is 11.0 Å². The highest BCUT2D eigenvalue weighted by Crippen LogP contribution is 2.15. The normalized spacial score (nSPS) is 13.8. The maximum atomic E-state index is 13.1. The lowest BCUT2D eigenvalue weighted by atomic mass is 10.3. The molecule has 6 heteroatoms. The van der Waals surface area contributed by atoms with E-state index in [1.807, 2.05) is 0 Å². The third-order valence-corrected chi connectivity index (χ3v) is 3.62. The van der Waals surface area contributed by atoms with E-state index in [4.69, 9.17) is 10.2 Å². The maximum absolute atomic E-state index is 13.1. The number of hydrogen-bond acceptors (Lipinski definition) is 4. The summed E-state index contributed by atoms with van der Waals surface area (Å²) in [5.74, 6) is -1.55. The molecule has 0 aliphatic heterocycles. The molecular weight excluding hydrogens is 223 g/mol. The van der Waals surface area contributed by atoms with Gasteiger partial charge in [-0.05, 0) is 12.1 Å². The van der Waals surface area contributed by atoms with Gasteiger partial charge in [0.25, 0.3) is 0 Å². The van der Waals surface area contributed by atoms with E-state index in [1.165, 1.54) is 12.1 Å². The summed E-state index contributed by atoms with van der Waals surface area (Å²) < 4.78 is 36.1. The van der Waals surface area contributed by atoms with Gasteiger partial charge in [-0.15, -0.1) is 0 Å². The molecule has 2 N–H and O–H groups in total. The first-order chi connectivity index (χ1) is 6.97. The predicted octanol–water partition coefficient (Wildman–Crippen LogP) is -0.0474. The molecule has 0 fully saturated rings. The molecule has 4 nitrogen and oxygen atoms in total. The molecular formula is C9H11FO4S. The van der Waals surface area contributed by atoms with E-state index in [1.54, 1.807) is 0 Å². The molecule has 1 aromatic rings. The highest BCUT2D eigenvalue weighted by atomic mass is 32.2. The van der Waals surface area contributed by atoms with Crippen molar-refractivity contribution in [3.8, 4) is 0 Å². The Morgan fingerprint density at radius 1 is 1.33 bits per heavy atom. The van der Waals surface area contributed by atoms with Crippen molar-refractivity contribution in [2.75, 3.05) is 12.4 Å². The number of halogens is 1. The summed E-state index contributed by atoms with van der Waals surface area (Å²) in [6.45, 7) is -0.673. The third kappa shape index (κ3) is 2.98. The van der Waals surface area contributed by atoms with Crippen molar-refractivity contribution >= 4 is 9.84 Å². The van der Waals surface area contributed by atoms with Gasteiger partial charge in [-0.1, -0.05) is 12.1 Å². The average molecular weight is 234 g/mol. The van der Waals surface area contributed by atoms with Gasteiger partial charge in [-0.2, -0.15) is 0 Å². The molecule has 1 unspecified atom stereocenters. The van der Waals surface area contributed by atoms with Crippen molar-refractivity contribution in [3.63, 3.8) is 0 Å². The summed E-state index contributed by atoms with van der Waals surface area (Å²) in [6, 6.07) is 4.91. The first kappa shape index (κ1) is 12.1. The van der Waals surface area contributed by atoms with Crippen LogP contribution in [0.15, 0.2) is 29.2 Å². The van der Waals surface area contributed by atoms with Gasteiger partial charge >= 0.3 is 0 Å². The van der Waals surface area contributed by atoms with E-state index in [-0.39, 0.29) is 0 Å². The van der Waals surface area contributed by atoms with E-state index >= 15 is 0 Å². The molecule has 0 bridgehead atoms. The first-order valence-corrected chi connectivity index (χ1v) is 5.89. The van der Waals surface area contributed by atoms with E-state index in [2.05, 4.69) is 0 Å². The summed E-state index contributed by atoms with van der Waals surface area (Å²) in [5, 5.41) is 17.5. The molecule has 0 saturated carbocycles. The van der Waals surface area contributed by atoms with Gasteiger partial charge in [0.2, 0.25) is 0 Å². The topological polar surface area (TPSA) is 74.6 Å². The molecule has 1 rings (SSSR count). The van der Waals surface area contributed by atoms with Crippen LogP contribution >= 0.6 is 0 Å². The van der Waals surface area contributed by atoms with E-state index in [0.29, 0.717) is 0 Å². The molecule has 0 aliphatic rings. The molecule has 0 heterocycles. The van der Waals surface area contributed by atoms with Crippen molar-refractivity contribution in [3.05, 3.63) is 30.1 Å². The van der Waals surface area contributed by atoms with Crippen LogP contribution in [-0.2, 0) is 9.84 Å². The van der Waals surface area contributed by atoms with Crippen LogP contribution in [0, 0.1) is 5.82 Å². The van der Waals surface area contributed by atoms with E-state index in [9.17, 15) is 12.8 Å². The minimum Gasteiger partial charge on any atom is -0.394 e. The molecule has 15 heavy (non-hydrogen) atoms. The second-order valence-electron chi connectivity index (χ2n) is 3.05. The number of benzene rings is 1. The summed E-state index contributed by atoms with van der Waals surface area (Å²) in [5.41, 5.74) is 0. The summed E-state index contributed by atoms with van der Waals surface area (Å²) in [7, 11) is -3.89. The first-order valence-electron chi connectivity index (χ1n) is 4.23. The standard InChI is InChI=1S/C9H11FO4S/c10-8-3-1-2-4-9(8)15(13,14)6-7(12)5-11/h1-4,7,11-12H,5-6H2. The Balaban J connectivity index is 3.02. The molecule has 1 aromatic carbocycles. The zero-order valence-corrected chi connectivity index (χ0v) is 8.61. The van der Waals surface area contributed by atoms with Gasteiger partial charge in [-0.25, -0.2) is 12.8 Å². The molecule has 0 spiro atoms. The van der Waals surface area contributed by atoms with Crippen LogP contribution in [0.3, 0.4) is 0 Å². The zero-order chi connectivity index (χ0) is 11.5. The Hall–Kier alpha value is -0.980. The minimum absolute atomic E-state index is 0.461. The van der Waals surface area contributed by atoms with Crippen LogP contribution < -0.4 is 0 Å². The summed E-state index contributed by atoms with van der Waals surface area (Å²) >= 11 is 0. The lowest BCUT2D eigenvalue weighted by Gasteiger charge is -2.08. The van der Waals surface area contributed by atoms with Crippen molar-refractivity contribution in [2.24, 2.45) is 0 Å². The third-order valence-electron chi connectivity index (χ3n) is 1.79. The van der Waals surface area contributed by atoms with Crippen LogP contribution in [-0.4, -0.2) is 37.1 Å². The Labute approximate surface area is 86.9 Å². The molecule has 84 valence electrons. The largest absolute Gasteiger partial charge is 0.394 e. The molecule has 0 aromatic heterocycles. The molecule has 0 radical (unpaired) electrons. The Morgan fingerprint density at radius 3 is 2.47 bits per heavy atom. The number of hydrogen-bond donors (Lipinski definition) is 2. The highest BCUT2D eigenvalue weighted by Gasteiger charge is 2.22. The number of rotatable bonds is 4. The van der Waals surface area contributed by atoms with Crippen molar-refractivity contribution in [1.29, 1.82) is 0 Å². The smallest absolute Gasteiger partial charge is 0.183 e. The van der Waals surface area contributed by atoms with Crippen LogP contribution in [0.5, 0.6) is 0 Å². The van der Waals surface area contributed by atoms with Crippen LogP contribution in [0.2, 0.25) is 0 Å². The fourth-order valence-electron chi connectivity index (χ4n) is 1.09. The summed E-state index contributed by atoms with van der Waals surface area (Å²) in [6.07, 6.45) is -1.39. The van der Waals surface area contributed by atoms with Gasteiger partial charge < -0.3 is 10.2 Å². The van der Waals surface area contributed by atoms with Crippen LogP contribution in [0.4, 0.5) is 4.39 Å². The molecule has 0 saturated heterocycles. The minimum atomic E-state index is -3.89. The van der Waals surface area contributed by atoms with Crippen LogP contribution in [0.25, 0.3) is 0 Å². The monoisotopic (exact) mass is 234 g/mol. The Bertz CT molecular complexity index is 429. The van der Waals surface area contributed by atoms with Gasteiger partial charge in [0.1, 0.15) is 10.7 Å². The maximum Gasteiger partial charge on any atom is 0.183 e. The second-order valence-corrected chi connectivity index (χ2v) is 5.05. The van der Waals surface area contributed by atoms with Crippen LogP contribution in [0.1, 0.15) is 0 Å². The predicted molar refractivity (Wildman–Crippen MR) is 51.5 cm³/mol. The fraction of sp³-hybridized carbons (Fsp3) is 0.333. The lowest BCUT2D eigenvalue weighted by Crippen LogP contribution is -2.24. The second kappa shape index (κ2) is 4.69. The lowest BCUT2D eigenvalue weighted by molar-refractivity contribution is 0.112. The van der Waals surface area contributed by atoms with Gasteiger partial charge in [0.05, 0.1) is 18.5 Å². The Kier molecular flexibility index (Phi) is 3.78. The quantitative estimate of drug-likeness (QED) is 0.766. The highest BCUT2D eigenvalue weighted by molar-refractivity contribution is 7.91. The fourth-order valence-corrected chi connectivity index (χ4v) is 2.54. The van der Waals surface area contributed by atoms with E-state index in [0.717, 1.165) is 12.1 Å². The molecule has 0 aliphatic carbocycles. The average Bonchev–Trinajstić information content (AvgIpc) is 2.17. The van der Waals surface area contributed by atoms with Crippen molar-refractivity contribution in [1.82, 2.24) is 0 Å². The Morgan fingerprint density at radius 2 is 1.93 bits per heavy atom. The van der Waals surface area contributed by atoms with E-state index < -0.39 is 39.0 Å². The summed E-state index contributed by atoms with van der Waals surface area (Å²) in [4.78, 5) is -0.461. The van der Waals surface area contributed by atoms with Gasteiger partial charge in [0, 0.05) is 0 Å². The van der Waals surface area contributed by atoms with Crippen molar-refractivity contribution < 1.29 is 23.0 Å². The molecule has 0 amide bonds.